The summed E-state index contributed by atoms with van der Waals surface area (Å²) in [6, 6.07) is 10.9. The van der Waals surface area contributed by atoms with Crippen LogP contribution in [-0.2, 0) is 31.3 Å². The average Bonchev–Trinajstić information content (AvgIpc) is 2.89. The SMILES string of the molecule is C=CCCCC1=C(c2ccccc2)[C@H]2C=CC=C[C@@H]1C2.[C-]#[O+].[C-]#[O+].[C-]#[O+].[Cr]. The molecule has 2 bridgehead atoms. The van der Waals surface area contributed by atoms with Gasteiger partial charge in [0.25, 0.3) is 0 Å². The normalized spacial score (nSPS) is 18.0. The van der Waals surface area contributed by atoms with Crippen LogP contribution in [0.4, 0.5) is 0 Å². The van der Waals surface area contributed by atoms with Gasteiger partial charge in [0.2, 0.25) is 0 Å². The first-order valence-electron chi connectivity index (χ1n) is 8.25. The number of rotatable bonds is 5. The van der Waals surface area contributed by atoms with Crippen molar-refractivity contribution in [1.82, 2.24) is 0 Å². The Balaban J connectivity index is 0. The summed E-state index contributed by atoms with van der Waals surface area (Å²) >= 11 is 0. The molecule has 0 spiro atoms. The van der Waals surface area contributed by atoms with Crippen LogP contribution >= 0.6 is 0 Å². The first-order valence-corrected chi connectivity index (χ1v) is 8.25. The second kappa shape index (κ2) is 17.4. The van der Waals surface area contributed by atoms with E-state index in [-0.39, 0.29) is 17.4 Å². The Morgan fingerprint density at radius 3 is 2.04 bits per heavy atom. The van der Waals surface area contributed by atoms with Crippen molar-refractivity contribution in [3.63, 3.8) is 0 Å². The smallest absolute Gasteiger partial charge is 0 e. The summed E-state index contributed by atoms with van der Waals surface area (Å²) in [6.45, 7) is 17.3. The van der Waals surface area contributed by atoms with E-state index in [1.807, 2.05) is 6.08 Å². The van der Waals surface area contributed by atoms with Crippen LogP contribution in [0.3, 0.4) is 0 Å². The van der Waals surface area contributed by atoms with Crippen LogP contribution in [0.2, 0.25) is 0 Å². The van der Waals surface area contributed by atoms with Crippen molar-refractivity contribution < 1.29 is 31.3 Å². The first kappa shape index (κ1) is 27.2. The first-order chi connectivity index (χ1) is 12.9. The number of fused-ring (bicyclic) bond motifs is 2. The summed E-state index contributed by atoms with van der Waals surface area (Å²) in [4.78, 5) is 0. The molecule has 0 aromatic heterocycles. The van der Waals surface area contributed by atoms with E-state index >= 15 is 0 Å². The van der Waals surface area contributed by atoms with Gasteiger partial charge in [-0.1, -0.05) is 66.3 Å². The van der Waals surface area contributed by atoms with Crippen molar-refractivity contribution in [3.8, 4) is 0 Å². The molecule has 3 nitrogen and oxygen atoms in total. The zero-order valence-electron chi connectivity index (χ0n) is 15.1. The Hall–Kier alpha value is -2.07. The third-order valence-corrected chi connectivity index (χ3v) is 4.41. The maximum Gasteiger partial charge on any atom is 0 e. The molecule has 1 aromatic carbocycles. The summed E-state index contributed by atoms with van der Waals surface area (Å²) in [5.74, 6) is 1.23. The third-order valence-electron chi connectivity index (χ3n) is 4.41. The molecule has 0 aliphatic heterocycles. The van der Waals surface area contributed by atoms with E-state index in [9.17, 15) is 0 Å². The van der Waals surface area contributed by atoms with E-state index in [1.165, 1.54) is 24.8 Å². The summed E-state index contributed by atoms with van der Waals surface area (Å²) in [7, 11) is 0. The van der Waals surface area contributed by atoms with Crippen molar-refractivity contribution in [2.75, 3.05) is 0 Å². The van der Waals surface area contributed by atoms with Gasteiger partial charge in [0.1, 0.15) is 0 Å². The molecule has 0 N–H and O–H groups in total. The molecule has 0 saturated heterocycles. The van der Waals surface area contributed by atoms with Gasteiger partial charge >= 0.3 is 33.9 Å². The Bertz CT molecular complexity index is 679. The minimum Gasteiger partial charge on any atom is 0 e. The van der Waals surface area contributed by atoms with Crippen LogP contribution in [0.5, 0.6) is 0 Å². The molecule has 2 aliphatic carbocycles. The molecule has 2 aliphatic rings. The zero-order valence-corrected chi connectivity index (χ0v) is 16.4. The monoisotopic (exact) mass is 398 g/mol. The molecule has 27 heavy (non-hydrogen) atoms. The van der Waals surface area contributed by atoms with Gasteiger partial charge in [0.15, 0.2) is 0 Å². The third kappa shape index (κ3) is 8.00. The van der Waals surface area contributed by atoms with Gasteiger partial charge in [-0.2, -0.15) is 0 Å². The van der Waals surface area contributed by atoms with Crippen LogP contribution in [0, 0.1) is 31.8 Å². The van der Waals surface area contributed by atoms with E-state index in [2.05, 4.69) is 81.2 Å². The molecular weight excluding hydrogens is 376 g/mol. The molecule has 0 amide bonds. The molecular formula is C23H22CrO3. The molecule has 138 valence electrons. The van der Waals surface area contributed by atoms with Gasteiger partial charge in [0, 0.05) is 23.3 Å². The van der Waals surface area contributed by atoms with Crippen molar-refractivity contribution >= 4 is 5.57 Å². The van der Waals surface area contributed by atoms with Gasteiger partial charge in [0.05, 0.1) is 0 Å². The predicted molar refractivity (Wildman–Crippen MR) is 99.1 cm³/mol. The van der Waals surface area contributed by atoms with Gasteiger partial charge in [-0.15, -0.1) is 6.58 Å². The summed E-state index contributed by atoms with van der Waals surface area (Å²) in [5, 5.41) is 0. The van der Waals surface area contributed by atoms with Crippen LogP contribution < -0.4 is 0 Å². The number of hydrogen-bond acceptors (Lipinski definition) is 0. The van der Waals surface area contributed by atoms with Gasteiger partial charge < -0.3 is 0 Å². The number of allylic oxidation sites excluding steroid dienone is 7. The van der Waals surface area contributed by atoms with E-state index in [0.29, 0.717) is 11.8 Å². The average molecular weight is 398 g/mol. The van der Waals surface area contributed by atoms with E-state index in [0.717, 1.165) is 6.42 Å². The van der Waals surface area contributed by atoms with Crippen LogP contribution in [0.25, 0.3) is 5.57 Å². The van der Waals surface area contributed by atoms with Crippen molar-refractivity contribution in [1.29, 1.82) is 0 Å². The summed E-state index contributed by atoms with van der Waals surface area (Å²) in [6.07, 6.45) is 16.0. The fourth-order valence-electron chi connectivity index (χ4n) is 3.51. The van der Waals surface area contributed by atoms with Crippen molar-refractivity contribution in [2.45, 2.75) is 25.7 Å². The quantitative estimate of drug-likeness (QED) is 0.274. The Morgan fingerprint density at radius 2 is 1.48 bits per heavy atom. The fraction of sp³-hybridized carbons (Fsp3) is 0.261. The van der Waals surface area contributed by atoms with E-state index < -0.39 is 0 Å². The minimum absolute atomic E-state index is 0. The second-order valence-electron chi connectivity index (χ2n) is 5.70. The van der Waals surface area contributed by atoms with Gasteiger partial charge in [-0.05, 0) is 42.7 Å². The minimum atomic E-state index is 0. The predicted octanol–water partition coefficient (Wildman–Crippen LogP) is 5.44. The molecule has 0 fully saturated rings. The van der Waals surface area contributed by atoms with Crippen LogP contribution in [-0.4, -0.2) is 0 Å². The van der Waals surface area contributed by atoms with Crippen molar-refractivity contribution in [3.05, 3.63) is 98.4 Å². The van der Waals surface area contributed by atoms with Gasteiger partial charge in [-0.3, -0.25) is 0 Å². The number of benzene rings is 1. The summed E-state index contributed by atoms with van der Waals surface area (Å²) in [5.41, 5.74) is 4.65. The van der Waals surface area contributed by atoms with Crippen LogP contribution in [0.15, 0.2) is 72.9 Å². The van der Waals surface area contributed by atoms with E-state index in [4.69, 9.17) is 14.0 Å². The molecule has 0 radical (unpaired) electrons. The Morgan fingerprint density at radius 1 is 0.926 bits per heavy atom. The molecule has 0 unspecified atom stereocenters. The second-order valence-corrected chi connectivity index (χ2v) is 5.70. The Kier molecular flexibility index (Phi) is 17.5. The van der Waals surface area contributed by atoms with Gasteiger partial charge in [-0.25, -0.2) is 0 Å². The molecule has 2 atom stereocenters. The molecule has 4 heteroatoms. The number of hydrogen-bond donors (Lipinski definition) is 0. The molecule has 0 saturated carbocycles. The Labute approximate surface area is 172 Å². The molecule has 1 aromatic rings. The number of unbranched alkanes of at least 4 members (excludes halogenated alkanes) is 1. The standard InChI is InChI=1S/C20H22.3CO.Cr/c1-2-3-5-14-19-17-12-8-9-13-18(15-17)20(19)16-10-6-4-7-11-16;3*1-2;/h2,4,6-13,17-18H,1,3,5,14-15H2;;;;/t17-,18+;;;;/m1..../s1. The van der Waals surface area contributed by atoms with Crippen molar-refractivity contribution in [2.24, 2.45) is 11.8 Å². The maximum absolute atomic E-state index is 7.50. The van der Waals surface area contributed by atoms with Crippen LogP contribution in [0.1, 0.15) is 31.2 Å². The largest absolute Gasteiger partial charge is 0 e. The van der Waals surface area contributed by atoms with E-state index in [1.54, 1.807) is 11.1 Å². The topological polar surface area (TPSA) is 59.7 Å². The maximum atomic E-state index is 7.50. The fourth-order valence-corrected chi connectivity index (χ4v) is 3.51. The molecule has 3 rings (SSSR count). The summed E-state index contributed by atoms with van der Waals surface area (Å²) < 4.78 is 22.5. The molecule has 0 heterocycles. The zero-order chi connectivity index (χ0) is 19.8.